The van der Waals surface area contributed by atoms with Crippen LogP contribution < -0.4 is 5.32 Å². The number of nitrogens with one attached hydrogen (secondary N) is 1. The van der Waals surface area contributed by atoms with Crippen LogP contribution in [0.1, 0.15) is 54.7 Å². The van der Waals surface area contributed by atoms with Gasteiger partial charge in [0.25, 0.3) is 5.91 Å². The molecule has 25 heavy (non-hydrogen) atoms. The highest BCUT2D eigenvalue weighted by Crippen LogP contribution is 2.35. The van der Waals surface area contributed by atoms with Gasteiger partial charge in [-0.2, -0.15) is 0 Å². The number of nitrogens with zero attached hydrogens (tertiary/aromatic N) is 1. The van der Waals surface area contributed by atoms with Crippen LogP contribution in [0.2, 0.25) is 0 Å². The lowest BCUT2D eigenvalue weighted by molar-refractivity contribution is 0.0402. The number of rotatable bonds is 4. The van der Waals surface area contributed by atoms with E-state index in [0.717, 1.165) is 30.5 Å². The van der Waals surface area contributed by atoms with Crippen LogP contribution in [0.15, 0.2) is 48.7 Å². The molecule has 0 saturated heterocycles. The molecule has 4 nitrogen and oxygen atoms in total. The van der Waals surface area contributed by atoms with Crippen LogP contribution in [0.4, 0.5) is 0 Å². The number of aromatic nitrogens is 1. The summed E-state index contributed by atoms with van der Waals surface area (Å²) in [6, 6.07) is 13.3. The first-order valence-corrected chi connectivity index (χ1v) is 8.91. The maximum atomic E-state index is 12.6. The van der Waals surface area contributed by atoms with Gasteiger partial charge in [0.2, 0.25) is 0 Å². The third kappa shape index (κ3) is 4.67. The molecule has 0 radical (unpaired) electrons. The Hall–Kier alpha value is -2.20. The number of pyridine rings is 1. The van der Waals surface area contributed by atoms with Crippen molar-refractivity contribution in [1.82, 2.24) is 10.3 Å². The van der Waals surface area contributed by atoms with Gasteiger partial charge < -0.3 is 10.4 Å². The Kier molecular flexibility index (Phi) is 5.19. The summed E-state index contributed by atoms with van der Waals surface area (Å²) < 4.78 is 0. The largest absolute Gasteiger partial charge is 0.391 e. The lowest BCUT2D eigenvalue weighted by Gasteiger charge is -2.38. The van der Waals surface area contributed by atoms with Crippen molar-refractivity contribution < 1.29 is 9.90 Å². The van der Waals surface area contributed by atoms with Crippen molar-refractivity contribution in [3.8, 4) is 0 Å². The number of hydrogen-bond donors (Lipinski definition) is 2. The Morgan fingerprint density at radius 2 is 2.12 bits per heavy atom. The molecular formula is C21H26N2O2. The molecule has 1 aromatic carbocycles. The summed E-state index contributed by atoms with van der Waals surface area (Å²) in [6.07, 6.45) is 4.53. The Balaban J connectivity index is 1.69. The number of carbonyl (C=O) groups is 1. The van der Waals surface area contributed by atoms with E-state index in [1.54, 1.807) is 6.20 Å². The second-order valence-electron chi connectivity index (χ2n) is 7.75. The Morgan fingerprint density at radius 1 is 1.28 bits per heavy atom. The van der Waals surface area contributed by atoms with E-state index in [4.69, 9.17) is 0 Å². The first kappa shape index (κ1) is 17.6. The third-order valence-electron chi connectivity index (χ3n) is 4.97. The van der Waals surface area contributed by atoms with Crippen LogP contribution in [0.25, 0.3) is 0 Å². The molecule has 1 amide bonds. The summed E-state index contributed by atoms with van der Waals surface area (Å²) >= 11 is 0. The van der Waals surface area contributed by atoms with Crippen LogP contribution in [0, 0.1) is 5.41 Å². The molecule has 2 N–H and O–H groups in total. The van der Waals surface area contributed by atoms with Gasteiger partial charge in [-0.15, -0.1) is 0 Å². The fourth-order valence-corrected chi connectivity index (χ4v) is 3.51. The van der Waals surface area contributed by atoms with Gasteiger partial charge in [0, 0.05) is 23.9 Å². The van der Waals surface area contributed by atoms with Crippen molar-refractivity contribution in [3.05, 3.63) is 65.5 Å². The van der Waals surface area contributed by atoms with E-state index in [2.05, 4.69) is 24.1 Å². The lowest BCUT2D eigenvalue weighted by Crippen LogP contribution is -2.49. The van der Waals surface area contributed by atoms with E-state index < -0.39 is 6.10 Å². The second kappa shape index (κ2) is 7.36. The van der Waals surface area contributed by atoms with Gasteiger partial charge in [-0.05, 0) is 54.5 Å². The lowest BCUT2D eigenvalue weighted by atomic mass is 9.74. The molecule has 2 aromatic rings. The SMILES string of the molecule is CC1(C)CC[C@@H](O)[C@H](NC(=O)c2cccc(Cc3ccccn3)c2)C1. The number of amides is 1. The molecule has 132 valence electrons. The monoisotopic (exact) mass is 338 g/mol. The van der Waals surface area contributed by atoms with Crippen LogP contribution in [-0.2, 0) is 6.42 Å². The zero-order chi connectivity index (χ0) is 17.9. The number of aliphatic hydroxyl groups is 1. The molecule has 4 heteroatoms. The Labute approximate surface area is 149 Å². The summed E-state index contributed by atoms with van der Waals surface area (Å²) in [5.41, 5.74) is 2.81. The summed E-state index contributed by atoms with van der Waals surface area (Å²) in [6.45, 7) is 4.37. The smallest absolute Gasteiger partial charge is 0.251 e. The quantitative estimate of drug-likeness (QED) is 0.899. The second-order valence-corrected chi connectivity index (χ2v) is 7.75. The zero-order valence-corrected chi connectivity index (χ0v) is 14.9. The van der Waals surface area contributed by atoms with Crippen molar-refractivity contribution in [3.63, 3.8) is 0 Å². The molecule has 2 atom stereocenters. The van der Waals surface area contributed by atoms with E-state index in [-0.39, 0.29) is 17.4 Å². The Bertz CT molecular complexity index is 728. The third-order valence-corrected chi connectivity index (χ3v) is 4.97. The summed E-state index contributed by atoms with van der Waals surface area (Å²) in [5, 5.41) is 13.3. The van der Waals surface area contributed by atoms with Crippen LogP contribution >= 0.6 is 0 Å². The van der Waals surface area contributed by atoms with Crippen LogP contribution in [0.5, 0.6) is 0 Å². The van der Waals surface area contributed by atoms with E-state index in [9.17, 15) is 9.90 Å². The molecule has 0 aliphatic heterocycles. The van der Waals surface area contributed by atoms with Gasteiger partial charge in [0.15, 0.2) is 0 Å². The number of aliphatic hydroxyl groups excluding tert-OH is 1. The molecule has 0 spiro atoms. The average Bonchev–Trinajstić information content (AvgIpc) is 2.59. The van der Waals surface area contributed by atoms with Crippen molar-refractivity contribution in [2.24, 2.45) is 5.41 Å². The van der Waals surface area contributed by atoms with Crippen LogP contribution in [0.3, 0.4) is 0 Å². The number of hydrogen-bond acceptors (Lipinski definition) is 3. The summed E-state index contributed by atoms with van der Waals surface area (Å²) in [4.78, 5) is 17.0. The van der Waals surface area contributed by atoms with Gasteiger partial charge in [-0.1, -0.05) is 32.0 Å². The maximum absolute atomic E-state index is 12.6. The van der Waals surface area contributed by atoms with Gasteiger partial charge in [0.1, 0.15) is 0 Å². The first-order valence-electron chi connectivity index (χ1n) is 8.91. The first-order chi connectivity index (χ1) is 11.9. The number of carbonyl (C=O) groups excluding carboxylic acids is 1. The van der Waals surface area contributed by atoms with Gasteiger partial charge in [0.05, 0.1) is 12.1 Å². The summed E-state index contributed by atoms with van der Waals surface area (Å²) in [7, 11) is 0. The molecule has 1 aromatic heterocycles. The average molecular weight is 338 g/mol. The van der Waals surface area contributed by atoms with Crippen molar-refractivity contribution in [1.29, 1.82) is 0 Å². The maximum Gasteiger partial charge on any atom is 0.251 e. The molecular weight excluding hydrogens is 312 g/mol. The summed E-state index contributed by atoms with van der Waals surface area (Å²) in [5.74, 6) is -0.121. The minimum Gasteiger partial charge on any atom is -0.391 e. The molecule has 1 heterocycles. The van der Waals surface area contributed by atoms with E-state index in [0.29, 0.717) is 12.0 Å². The van der Waals surface area contributed by atoms with E-state index >= 15 is 0 Å². The minimum atomic E-state index is -0.464. The standard InChI is InChI=1S/C21H26N2O2/c1-21(2)10-9-19(24)18(14-21)23-20(25)16-7-5-6-15(12-16)13-17-8-3-4-11-22-17/h3-8,11-12,18-19,24H,9-10,13-14H2,1-2H3,(H,23,25)/t18-,19-/m1/s1. The highest BCUT2D eigenvalue weighted by atomic mass is 16.3. The van der Waals surface area contributed by atoms with Crippen molar-refractivity contribution in [2.75, 3.05) is 0 Å². The molecule has 1 aliphatic carbocycles. The fourth-order valence-electron chi connectivity index (χ4n) is 3.51. The molecule has 0 bridgehead atoms. The van der Waals surface area contributed by atoms with E-state index in [1.165, 1.54) is 0 Å². The molecule has 1 fully saturated rings. The van der Waals surface area contributed by atoms with Crippen molar-refractivity contribution >= 4 is 5.91 Å². The predicted molar refractivity (Wildman–Crippen MR) is 98.4 cm³/mol. The number of benzene rings is 1. The fraction of sp³-hybridized carbons (Fsp3) is 0.429. The predicted octanol–water partition coefficient (Wildman–Crippen LogP) is 3.34. The molecule has 0 unspecified atom stereocenters. The highest BCUT2D eigenvalue weighted by molar-refractivity contribution is 5.94. The van der Waals surface area contributed by atoms with Gasteiger partial charge in [-0.25, -0.2) is 0 Å². The molecule has 1 aliphatic rings. The van der Waals surface area contributed by atoms with Gasteiger partial charge in [-0.3, -0.25) is 9.78 Å². The van der Waals surface area contributed by atoms with Crippen LogP contribution in [-0.4, -0.2) is 28.1 Å². The minimum absolute atomic E-state index is 0.121. The topological polar surface area (TPSA) is 62.2 Å². The van der Waals surface area contributed by atoms with E-state index in [1.807, 2.05) is 42.5 Å². The van der Waals surface area contributed by atoms with Gasteiger partial charge >= 0.3 is 0 Å². The van der Waals surface area contributed by atoms with Crippen molar-refractivity contribution in [2.45, 2.75) is 51.7 Å². The Morgan fingerprint density at radius 3 is 2.88 bits per heavy atom. The zero-order valence-electron chi connectivity index (χ0n) is 14.9. The molecule has 3 rings (SSSR count). The highest BCUT2D eigenvalue weighted by Gasteiger charge is 2.34. The normalized spacial score (nSPS) is 22.4. The molecule has 1 saturated carbocycles.